The van der Waals surface area contributed by atoms with E-state index >= 15 is 0 Å². The Kier molecular flexibility index (Phi) is 9.55. The van der Waals surface area contributed by atoms with Gasteiger partial charge in [-0.1, -0.05) is 64.2 Å². The number of rotatable bonds is 10. The van der Waals surface area contributed by atoms with Crippen molar-refractivity contribution in [3.05, 3.63) is 34.9 Å². The summed E-state index contributed by atoms with van der Waals surface area (Å²) in [5.74, 6) is 0.183. The largest absolute Gasteiger partial charge is 0.440 e. The molecule has 0 aromatic heterocycles. The van der Waals surface area contributed by atoms with Crippen LogP contribution in [0.5, 0.6) is 0 Å². The molecule has 3 aliphatic rings. The van der Waals surface area contributed by atoms with Crippen molar-refractivity contribution in [2.75, 3.05) is 32.7 Å². The summed E-state index contributed by atoms with van der Waals surface area (Å²) in [6.45, 7) is 13.0. The minimum absolute atomic E-state index is 0.0793. The molecule has 1 aromatic rings. The Morgan fingerprint density at radius 3 is 2.22 bits per heavy atom. The number of carbonyl (C=O) groups excluding carboxylic acids is 2. The van der Waals surface area contributed by atoms with Gasteiger partial charge in [0.15, 0.2) is 0 Å². The minimum Gasteiger partial charge on any atom is -0.440 e. The highest BCUT2D eigenvalue weighted by Crippen LogP contribution is 2.42. The van der Waals surface area contributed by atoms with E-state index in [1.54, 1.807) is 0 Å². The minimum atomic E-state index is -0.313. The van der Waals surface area contributed by atoms with E-state index in [9.17, 15) is 9.59 Å². The Bertz CT molecular complexity index is 896. The van der Waals surface area contributed by atoms with Crippen LogP contribution in [0.3, 0.4) is 0 Å². The van der Waals surface area contributed by atoms with Crippen molar-refractivity contribution in [3.8, 4) is 0 Å². The molecule has 3 saturated heterocycles. The Morgan fingerprint density at radius 2 is 1.59 bits per heavy atom. The average Bonchev–Trinajstić information content (AvgIpc) is 3.15. The third-order valence-corrected chi connectivity index (χ3v) is 9.20. The molecule has 0 radical (unpaired) electrons. The summed E-state index contributed by atoms with van der Waals surface area (Å²) in [5, 5.41) is 0. The number of aryl methyl sites for hydroxylation is 2. The SMILES string of the molecule is CCCCCCN1C(=O)OC2(CCN(C3CCN(C(=O)c4c(C)cccc4C)CC3)CC2)C1CCCC. The van der Waals surface area contributed by atoms with Crippen LogP contribution in [0.1, 0.15) is 106 Å². The molecule has 4 rings (SSSR count). The maximum Gasteiger partial charge on any atom is 0.410 e. The molecule has 6 nitrogen and oxygen atoms in total. The summed E-state index contributed by atoms with van der Waals surface area (Å²) in [6.07, 6.45) is 11.9. The molecule has 1 atom stereocenters. The van der Waals surface area contributed by atoms with Crippen LogP contribution in [0, 0.1) is 13.8 Å². The number of unbranched alkanes of at least 4 members (excludes halogenated alkanes) is 4. The molecule has 1 spiro atoms. The molecule has 0 bridgehead atoms. The van der Waals surface area contributed by atoms with Crippen molar-refractivity contribution >= 4 is 12.0 Å². The summed E-state index contributed by atoms with van der Waals surface area (Å²) in [4.78, 5) is 33.0. The van der Waals surface area contributed by atoms with Crippen LogP contribution in [-0.4, -0.2) is 77.1 Å². The molecule has 0 saturated carbocycles. The molecule has 37 heavy (non-hydrogen) atoms. The van der Waals surface area contributed by atoms with E-state index in [-0.39, 0.29) is 23.6 Å². The van der Waals surface area contributed by atoms with E-state index < -0.39 is 0 Å². The lowest BCUT2D eigenvalue weighted by atomic mass is 9.81. The fourth-order valence-electron chi connectivity index (χ4n) is 6.93. The molecule has 3 heterocycles. The highest BCUT2D eigenvalue weighted by atomic mass is 16.6. The third kappa shape index (κ3) is 6.16. The second kappa shape index (κ2) is 12.6. The Balaban J connectivity index is 1.32. The molecule has 3 fully saturated rings. The number of hydrogen-bond donors (Lipinski definition) is 0. The predicted octanol–water partition coefficient (Wildman–Crippen LogP) is 6.33. The number of hydrogen-bond acceptors (Lipinski definition) is 4. The topological polar surface area (TPSA) is 53.1 Å². The molecule has 3 aliphatic heterocycles. The summed E-state index contributed by atoms with van der Waals surface area (Å²) in [6, 6.07) is 6.83. The molecule has 1 unspecified atom stereocenters. The van der Waals surface area contributed by atoms with E-state index in [1.165, 1.54) is 19.3 Å². The van der Waals surface area contributed by atoms with Gasteiger partial charge in [0, 0.05) is 57.2 Å². The number of carbonyl (C=O) groups is 2. The van der Waals surface area contributed by atoms with E-state index in [1.807, 2.05) is 36.9 Å². The smallest absolute Gasteiger partial charge is 0.410 e. The van der Waals surface area contributed by atoms with Gasteiger partial charge in [-0.05, 0) is 50.7 Å². The van der Waals surface area contributed by atoms with Gasteiger partial charge in [0.25, 0.3) is 5.91 Å². The normalized spacial score (nSPS) is 22.6. The van der Waals surface area contributed by atoms with Crippen LogP contribution in [0.4, 0.5) is 4.79 Å². The van der Waals surface area contributed by atoms with Crippen LogP contribution in [-0.2, 0) is 4.74 Å². The monoisotopic (exact) mass is 511 g/mol. The van der Waals surface area contributed by atoms with Crippen molar-refractivity contribution < 1.29 is 14.3 Å². The lowest BCUT2D eigenvalue weighted by Gasteiger charge is -2.46. The predicted molar refractivity (Wildman–Crippen MR) is 149 cm³/mol. The van der Waals surface area contributed by atoms with Gasteiger partial charge in [-0.3, -0.25) is 9.69 Å². The number of nitrogens with zero attached hydrogens (tertiary/aromatic N) is 3. The van der Waals surface area contributed by atoms with Crippen molar-refractivity contribution in [1.82, 2.24) is 14.7 Å². The molecule has 2 amide bonds. The number of likely N-dealkylation sites (tertiary alicyclic amines) is 2. The summed E-state index contributed by atoms with van der Waals surface area (Å²) >= 11 is 0. The van der Waals surface area contributed by atoms with Gasteiger partial charge in [-0.15, -0.1) is 0 Å². The van der Waals surface area contributed by atoms with Crippen LogP contribution >= 0.6 is 0 Å². The standard InChI is InChI=1S/C31H49N3O3/c1-5-7-9-10-19-34-27(14-8-6-2)31(37-30(34)36)17-22-32(23-18-31)26-15-20-33(21-16-26)29(35)28-24(3)12-11-13-25(28)4/h11-13,26-27H,5-10,14-23H2,1-4H3. The molecule has 0 N–H and O–H groups in total. The summed E-state index contributed by atoms with van der Waals surface area (Å²) in [5.41, 5.74) is 2.70. The molecule has 6 heteroatoms. The van der Waals surface area contributed by atoms with Crippen LogP contribution in [0.15, 0.2) is 18.2 Å². The summed E-state index contributed by atoms with van der Waals surface area (Å²) in [7, 11) is 0. The van der Waals surface area contributed by atoms with Gasteiger partial charge >= 0.3 is 6.09 Å². The average molecular weight is 512 g/mol. The van der Waals surface area contributed by atoms with Gasteiger partial charge in [0.05, 0.1) is 6.04 Å². The Hall–Kier alpha value is -2.08. The van der Waals surface area contributed by atoms with Gasteiger partial charge in [-0.2, -0.15) is 0 Å². The zero-order valence-electron chi connectivity index (χ0n) is 23.8. The first kappa shape index (κ1) is 27.9. The quantitative estimate of drug-likeness (QED) is 0.344. The molecule has 206 valence electrons. The molecular formula is C31H49N3O3. The van der Waals surface area contributed by atoms with E-state index in [2.05, 4.69) is 23.6 Å². The van der Waals surface area contributed by atoms with Crippen LogP contribution in [0.25, 0.3) is 0 Å². The molecule has 1 aromatic carbocycles. The van der Waals surface area contributed by atoms with E-state index in [0.29, 0.717) is 6.04 Å². The van der Waals surface area contributed by atoms with Gasteiger partial charge < -0.3 is 14.5 Å². The lowest BCUT2D eigenvalue weighted by Crippen LogP contribution is -2.56. The third-order valence-electron chi connectivity index (χ3n) is 9.20. The number of piperidine rings is 2. The van der Waals surface area contributed by atoms with Crippen molar-refractivity contribution in [2.24, 2.45) is 0 Å². The first-order valence-electron chi connectivity index (χ1n) is 15.0. The number of amides is 2. The van der Waals surface area contributed by atoms with Crippen LogP contribution in [0.2, 0.25) is 0 Å². The molecular weight excluding hydrogens is 462 g/mol. The highest BCUT2D eigenvalue weighted by Gasteiger charge is 2.54. The number of benzene rings is 1. The van der Waals surface area contributed by atoms with Crippen molar-refractivity contribution in [1.29, 1.82) is 0 Å². The first-order valence-corrected chi connectivity index (χ1v) is 15.0. The molecule has 0 aliphatic carbocycles. The fraction of sp³-hybridized carbons (Fsp3) is 0.742. The first-order chi connectivity index (χ1) is 17.9. The maximum atomic E-state index is 13.2. The van der Waals surface area contributed by atoms with Gasteiger partial charge in [0.2, 0.25) is 0 Å². The Labute approximate surface area is 224 Å². The van der Waals surface area contributed by atoms with E-state index in [4.69, 9.17) is 4.74 Å². The highest BCUT2D eigenvalue weighted by molar-refractivity contribution is 5.97. The zero-order chi connectivity index (χ0) is 26.4. The summed E-state index contributed by atoms with van der Waals surface area (Å²) < 4.78 is 6.23. The zero-order valence-corrected chi connectivity index (χ0v) is 23.8. The van der Waals surface area contributed by atoms with Gasteiger partial charge in [-0.25, -0.2) is 4.79 Å². The Morgan fingerprint density at radius 1 is 0.946 bits per heavy atom. The van der Waals surface area contributed by atoms with E-state index in [0.717, 1.165) is 101 Å². The van der Waals surface area contributed by atoms with Crippen molar-refractivity contribution in [2.45, 2.75) is 116 Å². The van der Waals surface area contributed by atoms with Crippen LogP contribution < -0.4 is 0 Å². The number of ether oxygens (including phenoxy) is 1. The maximum absolute atomic E-state index is 13.2. The fourth-order valence-corrected chi connectivity index (χ4v) is 6.93. The van der Waals surface area contributed by atoms with Gasteiger partial charge in [0.1, 0.15) is 5.60 Å². The second-order valence-electron chi connectivity index (χ2n) is 11.7. The van der Waals surface area contributed by atoms with Crippen molar-refractivity contribution in [3.63, 3.8) is 0 Å². The second-order valence-corrected chi connectivity index (χ2v) is 11.7. The lowest BCUT2D eigenvalue weighted by molar-refractivity contribution is -0.0382.